The molecular weight excluding hydrogens is 236 g/mol. The Bertz CT molecular complexity index is 472. The molecule has 4 bridgehead atoms. The number of ether oxygens (including phenoxy) is 1. The molecule has 1 aromatic rings. The Balaban J connectivity index is 1.67. The van der Waals surface area contributed by atoms with Gasteiger partial charge < -0.3 is 10.5 Å². The highest BCUT2D eigenvalue weighted by Crippen LogP contribution is 2.59. The van der Waals surface area contributed by atoms with E-state index < -0.39 is 0 Å². The molecule has 4 saturated carbocycles. The summed E-state index contributed by atoms with van der Waals surface area (Å²) < 4.78 is 5.22. The molecule has 4 aliphatic rings. The van der Waals surface area contributed by atoms with Crippen molar-refractivity contribution in [2.75, 3.05) is 12.8 Å². The summed E-state index contributed by atoms with van der Waals surface area (Å²) in [7, 11) is 1.65. The minimum absolute atomic E-state index is 0.550. The van der Waals surface area contributed by atoms with Gasteiger partial charge in [-0.15, -0.1) is 0 Å². The number of hydrogen-bond donors (Lipinski definition) is 1. The maximum atomic E-state index is 5.99. The molecule has 0 spiro atoms. The first-order valence-corrected chi connectivity index (χ1v) is 7.55. The minimum atomic E-state index is 0.550. The van der Waals surface area contributed by atoms with Crippen molar-refractivity contribution < 1.29 is 4.74 Å². The monoisotopic (exact) mass is 258 g/mol. The van der Waals surface area contributed by atoms with Crippen molar-refractivity contribution in [3.8, 4) is 5.75 Å². The Morgan fingerprint density at radius 3 is 2.21 bits per heavy atom. The lowest BCUT2D eigenvalue weighted by atomic mass is 9.51. The summed E-state index contributed by atoms with van der Waals surface area (Å²) >= 11 is 0. The number of nitrogens with two attached hydrogens (primary N) is 1. The van der Waals surface area contributed by atoms with Crippen LogP contribution in [0.3, 0.4) is 0 Å². The molecule has 0 aliphatic heterocycles. The SMILES string of the molecule is COc1ccc(C2C3CC4CC(C3)CC2C4)nc1N. The molecule has 3 nitrogen and oxygen atoms in total. The van der Waals surface area contributed by atoms with Gasteiger partial charge in [0.2, 0.25) is 0 Å². The van der Waals surface area contributed by atoms with Gasteiger partial charge >= 0.3 is 0 Å². The van der Waals surface area contributed by atoms with Crippen molar-refractivity contribution in [2.24, 2.45) is 23.7 Å². The largest absolute Gasteiger partial charge is 0.493 e. The van der Waals surface area contributed by atoms with Crippen LogP contribution in [0.5, 0.6) is 5.75 Å². The van der Waals surface area contributed by atoms with E-state index in [1.807, 2.05) is 6.07 Å². The Hall–Kier alpha value is -1.25. The molecule has 0 saturated heterocycles. The van der Waals surface area contributed by atoms with E-state index in [1.165, 1.54) is 37.8 Å². The average molecular weight is 258 g/mol. The molecule has 0 unspecified atom stereocenters. The van der Waals surface area contributed by atoms with Crippen LogP contribution in [-0.4, -0.2) is 12.1 Å². The Morgan fingerprint density at radius 1 is 1.05 bits per heavy atom. The zero-order valence-corrected chi connectivity index (χ0v) is 11.5. The number of rotatable bonds is 2. The van der Waals surface area contributed by atoms with Crippen LogP contribution >= 0.6 is 0 Å². The van der Waals surface area contributed by atoms with Gasteiger partial charge in [0, 0.05) is 11.6 Å². The molecule has 4 fully saturated rings. The Kier molecular flexibility index (Phi) is 2.51. The fourth-order valence-electron chi connectivity index (χ4n) is 5.24. The molecule has 1 heterocycles. The first-order valence-electron chi connectivity index (χ1n) is 7.55. The summed E-state index contributed by atoms with van der Waals surface area (Å²) in [5.41, 5.74) is 7.20. The average Bonchev–Trinajstić information content (AvgIpc) is 2.37. The molecule has 1 aromatic heterocycles. The second kappa shape index (κ2) is 4.12. The molecule has 5 rings (SSSR count). The Morgan fingerprint density at radius 2 is 1.68 bits per heavy atom. The van der Waals surface area contributed by atoms with E-state index >= 15 is 0 Å². The van der Waals surface area contributed by atoms with Crippen molar-refractivity contribution in [2.45, 2.75) is 38.0 Å². The molecule has 2 N–H and O–H groups in total. The molecule has 19 heavy (non-hydrogen) atoms. The fourth-order valence-corrected chi connectivity index (χ4v) is 5.24. The van der Waals surface area contributed by atoms with Gasteiger partial charge in [0.05, 0.1) is 7.11 Å². The number of pyridine rings is 1. The maximum absolute atomic E-state index is 5.99. The van der Waals surface area contributed by atoms with Crippen LogP contribution < -0.4 is 10.5 Å². The third kappa shape index (κ3) is 1.74. The highest BCUT2D eigenvalue weighted by molar-refractivity contribution is 5.47. The van der Waals surface area contributed by atoms with E-state index in [4.69, 9.17) is 10.5 Å². The lowest BCUT2D eigenvalue weighted by Gasteiger charge is -2.54. The van der Waals surface area contributed by atoms with Crippen molar-refractivity contribution in [3.05, 3.63) is 17.8 Å². The standard InChI is InChI=1S/C16H22N2O/c1-19-14-3-2-13(18-16(14)17)15-11-5-9-4-10(7-11)8-12(15)6-9/h2-3,9-12,15H,4-8H2,1H3,(H2,17,18). The molecule has 0 radical (unpaired) electrons. The van der Waals surface area contributed by atoms with Gasteiger partial charge in [0.25, 0.3) is 0 Å². The van der Waals surface area contributed by atoms with Gasteiger partial charge in [0.15, 0.2) is 11.6 Å². The number of aromatic nitrogens is 1. The number of anilines is 1. The molecule has 3 heteroatoms. The first-order chi connectivity index (χ1) is 9.24. The van der Waals surface area contributed by atoms with Gasteiger partial charge in [0.1, 0.15) is 0 Å². The fraction of sp³-hybridized carbons (Fsp3) is 0.688. The third-order valence-electron chi connectivity index (χ3n) is 5.70. The van der Waals surface area contributed by atoms with Crippen LogP contribution in [0.2, 0.25) is 0 Å². The zero-order chi connectivity index (χ0) is 13.0. The first kappa shape index (κ1) is 11.6. The molecule has 0 aromatic carbocycles. The lowest BCUT2D eigenvalue weighted by Crippen LogP contribution is -2.44. The molecular formula is C16H22N2O. The summed E-state index contributed by atoms with van der Waals surface area (Å²) in [5.74, 6) is 5.64. The van der Waals surface area contributed by atoms with E-state index in [9.17, 15) is 0 Å². The number of nitrogens with zero attached hydrogens (tertiary/aromatic N) is 1. The van der Waals surface area contributed by atoms with Gasteiger partial charge in [-0.25, -0.2) is 4.98 Å². The second-order valence-corrected chi connectivity index (χ2v) is 6.78. The summed E-state index contributed by atoms with van der Waals surface area (Å²) in [6.07, 6.45) is 7.19. The predicted octanol–water partition coefficient (Wildman–Crippen LogP) is 3.21. The highest BCUT2D eigenvalue weighted by atomic mass is 16.5. The molecule has 0 amide bonds. The quantitative estimate of drug-likeness (QED) is 0.886. The summed E-state index contributed by atoms with van der Waals surface area (Å²) in [5, 5.41) is 0. The van der Waals surface area contributed by atoms with E-state index in [-0.39, 0.29) is 0 Å². The zero-order valence-electron chi connectivity index (χ0n) is 11.5. The smallest absolute Gasteiger partial charge is 0.166 e. The summed E-state index contributed by atoms with van der Waals surface area (Å²) in [6, 6.07) is 4.13. The van der Waals surface area contributed by atoms with Crippen LogP contribution in [0.15, 0.2) is 12.1 Å². The maximum Gasteiger partial charge on any atom is 0.166 e. The molecule has 102 valence electrons. The van der Waals surface area contributed by atoms with E-state index in [2.05, 4.69) is 11.1 Å². The van der Waals surface area contributed by atoms with Crippen LogP contribution in [0.4, 0.5) is 5.82 Å². The molecule has 0 atom stereocenters. The summed E-state index contributed by atoms with van der Waals surface area (Å²) in [4.78, 5) is 4.64. The van der Waals surface area contributed by atoms with Crippen molar-refractivity contribution >= 4 is 5.82 Å². The van der Waals surface area contributed by atoms with E-state index in [0.29, 0.717) is 17.5 Å². The number of methoxy groups -OCH3 is 1. The number of hydrogen-bond acceptors (Lipinski definition) is 3. The van der Waals surface area contributed by atoms with Crippen molar-refractivity contribution in [3.63, 3.8) is 0 Å². The Labute approximate surface area is 114 Å². The molecule has 4 aliphatic carbocycles. The highest BCUT2D eigenvalue weighted by Gasteiger charge is 2.49. The van der Waals surface area contributed by atoms with Gasteiger partial charge in [-0.3, -0.25) is 0 Å². The van der Waals surface area contributed by atoms with Crippen molar-refractivity contribution in [1.82, 2.24) is 4.98 Å². The van der Waals surface area contributed by atoms with Crippen LogP contribution in [-0.2, 0) is 0 Å². The second-order valence-electron chi connectivity index (χ2n) is 6.78. The lowest BCUT2D eigenvalue weighted by molar-refractivity contribution is -0.00412. The predicted molar refractivity (Wildman–Crippen MR) is 75.0 cm³/mol. The van der Waals surface area contributed by atoms with Crippen LogP contribution in [0.25, 0.3) is 0 Å². The third-order valence-corrected chi connectivity index (χ3v) is 5.70. The van der Waals surface area contributed by atoms with E-state index in [0.717, 1.165) is 23.7 Å². The van der Waals surface area contributed by atoms with Crippen LogP contribution in [0, 0.1) is 23.7 Å². The van der Waals surface area contributed by atoms with Crippen LogP contribution in [0.1, 0.15) is 43.7 Å². The van der Waals surface area contributed by atoms with Crippen molar-refractivity contribution in [1.29, 1.82) is 0 Å². The topological polar surface area (TPSA) is 48.1 Å². The van der Waals surface area contributed by atoms with Gasteiger partial charge in [-0.1, -0.05) is 0 Å². The normalized spacial score (nSPS) is 39.5. The number of nitrogen functional groups attached to an aromatic ring is 1. The van der Waals surface area contributed by atoms with Gasteiger partial charge in [-0.05, 0) is 67.9 Å². The minimum Gasteiger partial charge on any atom is -0.493 e. The van der Waals surface area contributed by atoms with Gasteiger partial charge in [-0.2, -0.15) is 0 Å². The summed E-state index contributed by atoms with van der Waals surface area (Å²) in [6.45, 7) is 0. The van der Waals surface area contributed by atoms with E-state index in [1.54, 1.807) is 7.11 Å².